The second-order valence-corrected chi connectivity index (χ2v) is 10.3. The second kappa shape index (κ2) is 12.9. The van der Waals surface area contributed by atoms with Crippen LogP contribution in [0.4, 0.5) is 9.59 Å². The highest BCUT2D eigenvalue weighted by Gasteiger charge is 2.42. The zero-order chi connectivity index (χ0) is 29.6. The number of nitrogens with zero attached hydrogens (tertiary/aromatic N) is 2. The first-order chi connectivity index (χ1) is 20.3. The first-order valence-electron chi connectivity index (χ1n) is 12.9. The Hall–Kier alpha value is -4.66. The standard InChI is InChI=1S/2C16H12ClNO3/c2*17-13-8-6-11(7-9-13)10-18-15(19)14(21-16(18)20)12-4-2-1-3-5-12/h2*1-9,14H,10H2/t2*14-/m10/s1. The van der Waals surface area contributed by atoms with Gasteiger partial charge in [-0.15, -0.1) is 0 Å². The van der Waals surface area contributed by atoms with E-state index in [1.165, 1.54) is 0 Å². The number of imide groups is 2. The Kier molecular flexibility index (Phi) is 8.85. The molecule has 4 aromatic rings. The van der Waals surface area contributed by atoms with Gasteiger partial charge < -0.3 is 9.47 Å². The molecule has 0 N–H and O–H groups in total. The summed E-state index contributed by atoms with van der Waals surface area (Å²) in [5.41, 5.74) is 2.99. The highest BCUT2D eigenvalue weighted by Crippen LogP contribution is 2.30. The minimum atomic E-state index is -0.856. The minimum Gasteiger partial charge on any atom is -0.431 e. The van der Waals surface area contributed by atoms with Crippen molar-refractivity contribution in [2.24, 2.45) is 0 Å². The Morgan fingerprint density at radius 3 is 1.17 bits per heavy atom. The number of hydrogen-bond acceptors (Lipinski definition) is 6. The molecule has 2 saturated heterocycles. The molecular weight excluding hydrogens is 579 g/mol. The van der Waals surface area contributed by atoms with E-state index in [0.717, 1.165) is 20.9 Å². The molecule has 4 aromatic carbocycles. The van der Waals surface area contributed by atoms with Crippen molar-refractivity contribution in [2.75, 3.05) is 0 Å². The van der Waals surface area contributed by atoms with Crippen molar-refractivity contribution in [2.45, 2.75) is 25.3 Å². The van der Waals surface area contributed by atoms with Gasteiger partial charge in [-0.1, -0.05) is 108 Å². The fraction of sp³-hybridized carbons (Fsp3) is 0.125. The molecule has 0 unspecified atom stereocenters. The number of benzene rings is 4. The lowest BCUT2D eigenvalue weighted by molar-refractivity contribution is -0.131. The number of carbonyl (C=O) groups is 4. The Bertz CT molecular complexity index is 1460. The molecule has 0 bridgehead atoms. The Morgan fingerprint density at radius 2 is 0.833 bits per heavy atom. The van der Waals surface area contributed by atoms with E-state index in [4.69, 9.17) is 32.7 Å². The van der Waals surface area contributed by atoms with E-state index in [2.05, 4.69) is 0 Å². The molecule has 42 heavy (non-hydrogen) atoms. The van der Waals surface area contributed by atoms with Crippen molar-refractivity contribution < 1.29 is 28.7 Å². The van der Waals surface area contributed by atoms with Gasteiger partial charge in [0.05, 0.1) is 13.1 Å². The average molecular weight is 603 g/mol. The van der Waals surface area contributed by atoms with Crippen molar-refractivity contribution in [3.63, 3.8) is 0 Å². The van der Waals surface area contributed by atoms with Gasteiger partial charge in [0, 0.05) is 21.2 Å². The van der Waals surface area contributed by atoms with Crippen LogP contribution in [0.1, 0.15) is 34.5 Å². The van der Waals surface area contributed by atoms with Crippen LogP contribution in [0.3, 0.4) is 0 Å². The smallest absolute Gasteiger partial charge is 0.418 e. The number of rotatable bonds is 6. The van der Waals surface area contributed by atoms with E-state index in [9.17, 15) is 19.2 Å². The Morgan fingerprint density at radius 1 is 0.500 bits per heavy atom. The highest BCUT2D eigenvalue weighted by atomic mass is 35.5. The van der Waals surface area contributed by atoms with Crippen LogP contribution in [-0.4, -0.2) is 33.8 Å². The van der Waals surface area contributed by atoms with E-state index in [-0.39, 0.29) is 24.9 Å². The van der Waals surface area contributed by atoms with Gasteiger partial charge in [0.1, 0.15) is 0 Å². The summed E-state index contributed by atoms with van der Waals surface area (Å²) >= 11 is 11.6. The van der Waals surface area contributed by atoms with Crippen LogP contribution >= 0.6 is 23.2 Å². The van der Waals surface area contributed by atoms with Crippen LogP contribution in [0.15, 0.2) is 109 Å². The van der Waals surface area contributed by atoms with Crippen molar-refractivity contribution in [1.29, 1.82) is 0 Å². The van der Waals surface area contributed by atoms with Gasteiger partial charge >= 0.3 is 12.2 Å². The molecule has 2 fully saturated rings. The molecule has 212 valence electrons. The normalized spacial score (nSPS) is 18.0. The number of cyclic esters (lactones) is 2. The second-order valence-electron chi connectivity index (χ2n) is 9.45. The van der Waals surface area contributed by atoms with E-state index in [1.54, 1.807) is 97.1 Å². The van der Waals surface area contributed by atoms with Gasteiger partial charge in [-0.25, -0.2) is 19.4 Å². The molecule has 8 nitrogen and oxygen atoms in total. The highest BCUT2D eigenvalue weighted by molar-refractivity contribution is 6.30. The number of halogens is 2. The summed E-state index contributed by atoms with van der Waals surface area (Å²) in [6.45, 7) is 0.357. The fourth-order valence-corrected chi connectivity index (χ4v) is 4.65. The van der Waals surface area contributed by atoms with Gasteiger partial charge in [0.2, 0.25) is 12.2 Å². The predicted octanol–water partition coefficient (Wildman–Crippen LogP) is 7.12. The van der Waals surface area contributed by atoms with Gasteiger partial charge in [0.15, 0.2) is 0 Å². The lowest BCUT2D eigenvalue weighted by atomic mass is 10.1. The van der Waals surface area contributed by atoms with Crippen molar-refractivity contribution in [3.8, 4) is 0 Å². The molecule has 0 saturated carbocycles. The molecule has 10 heteroatoms. The molecule has 0 aliphatic carbocycles. The van der Waals surface area contributed by atoms with Crippen molar-refractivity contribution in [1.82, 2.24) is 9.80 Å². The maximum atomic E-state index is 12.3. The third-order valence-corrected chi connectivity index (χ3v) is 7.08. The third-order valence-electron chi connectivity index (χ3n) is 6.57. The summed E-state index contributed by atoms with van der Waals surface area (Å²) in [5, 5.41) is 1.22. The third kappa shape index (κ3) is 6.62. The number of hydrogen-bond donors (Lipinski definition) is 0. The summed E-state index contributed by atoms with van der Waals surface area (Å²) < 4.78 is 10.4. The predicted molar refractivity (Wildman–Crippen MR) is 155 cm³/mol. The largest absolute Gasteiger partial charge is 0.431 e. The summed E-state index contributed by atoms with van der Waals surface area (Å²) in [5.74, 6) is -0.692. The van der Waals surface area contributed by atoms with E-state index in [0.29, 0.717) is 21.2 Å². The van der Waals surface area contributed by atoms with Crippen molar-refractivity contribution >= 4 is 47.2 Å². The van der Waals surface area contributed by atoms with Crippen LogP contribution in [0, 0.1) is 0 Å². The van der Waals surface area contributed by atoms with E-state index < -0.39 is 24.4 Å². The first-order valence-corrected chi connectivity index (χ1v) is 13.7. The monoisotopic (exact) mass is 602 g/mol. The van der Waals surface area contributed by atoms with E-state index >= 15 is 0 Å². The van der Waals surface area contributed by atoms with Gasteiger partial charge in [0.25, 0.3) is 11.8 Å². The van der Waals surface area contributed by atoms with Gasteiger partial charge in [-0.05, 0) is 35.4 Å². The van der Waals surface area contributed by atoms with Crippen LogP contribution in [0.2, 0.25) is 10.0 Å². The average Bonchev–Trinajstić information content (AvgIpc) is 3.45. The maximum absolute atomic E-state index is 12.3. The zero-order valence-electron chi connectivity index (χ0n) is 22.1. The first kappa shape index (κ1) is 28.9. The molecule has 0 radical (unpaired) electrons. The molecule has 2 aliphatic rings. The molecular formula is C32H24Cl2N2O6. The lowest BCUT2D eigenvalue weighted by Gasteiger charge is -2.11. The number of carbonyl (C=O) groups excluding carboxylic acids is 4. The van der Waals surface area contributed by atoms with Crippen molar-refractivity contribution in [3.05, 3.63) is 141 Å². The summed E-state index contributed by atoms with van der Waals surface area (Å²) in [6, 6.07) is 31.9. The summed E-state index contributed by atoms with van der Waals surface area (Å²) in [7, 11) is 0. The van der Waals surface area contributed by atoms with Crippen LogP contribution in [-0.2, 0) is 32.2 Å². The van der Waals surface area contributed by atoms with Gasteiger partial charge in [-0.3, -0.25) is 9.59 Å². The SMILES string of the molecule is O=C1O[C@@H](c2ccccc2)C(=O)N1Cc1ccc(Cl)cc1.O=C1O[C@H](c2ccccc2)C(=O)N1Cc1ccc(Cl)cc1. The number of ether oxygens (including phenoxy) is 2. The Balaban J connectivity index is 0.000000168. The van der Waals surface area contributed by atoms with Crippen LogP contribution in [0.25, 0.3) is 0 Å². The number of amides is 4. The molecule has 0 spiro atoms. The summed E-state index contributed by atoms with van der Waals surface area (Å²) in [4.78, 5) is 50.7. The fourth-order valence-electron chi connectivity index (χ4n) is 4.40. The molecule has 6 rings (SSSR count). The quantitative estimate of drug-likeness (QED) is 0.233. The molecule has 2 heterocycles. The maximum Gasteiger partial charge on any atom is 0.418 e. The van der Waals surface area contributed by atoms with Crippen LogP contribution < -0.4 is 0 Å². The molecule has 2 atom stereocenters. The van der Waals surface area contributed by atoms with Crippen LogP contribution in [0.5, 0.6) is 0 Å². The zero-order valence-corrected chi connectivity index (χ0v) is 23.6. The lowest BCUT2D eigenvalue weighted by Crippen LogP contribution is -2.29. The minimum absolute atomic E-state index is 0.179. The molecule has 0 aromatic heterocycles. The van der Waals surface area contributed by atoms with E-state index in [1.807, 2.05) is 12.1 Å². The molecule has 2 aliphatic heterocycles. The summed E-state index contributed by atoms with van der Waals surface area (Å²) in [6.07, 6.45) is -2.95. The topological polar surface area (TPSA) is 93.2 Å². The molecule has 4 amide bonds. The van der Waals surface area contributed by atoms with Gasteiger partial charge in [-0.2, -0.15) is 0 Å². The Labute approximate surface area is 252 Å².